The van der Waals surface area contributed by atoms with E-state index in [9.17, 15) is 0 Å². The fourth-order valence-electron chi connectivity index (χ4n) is 1.82. The van der Waals surface area contributed by atoms with Crippen LogP contribution in [0, 0.1) is 11.3 Å². The van der Waals surface area contributed by atoms with E-state index in [2.05, 4.69) is 11.4 Å². The van der Waals surface area contributed by atoms with Crippen LogP contribution < -0.4 is 5.32 Å². The van der Waals surface area contributed by atoms with Gasteiger partial charge < -0.3 is 5.32 Å². The molecule has 1 saturated heterocycles. The van der Waals surface area contributed by atoms with Crippen LogP contribution in [-0.4, -0.2) is 17.5 Å². The van der Waals surface area contributed by atoms with Gasteiger partial charge in [0.25, 0.3) is 0 Å². The third-order valence-electron chi connectivity index (χ3n) is 2.71. The maximum atomic E-state index is 9.05. The molecule has 0 saturated carbocycles. The zero-order valence-corrected chi connectivity index (χ0v) is 10.4. The van der Waals surface area contributed by atoms with Crippen LogP contribution in [0.1, 0.15) is 18.4 Å². The fourth-order valence-corrected chi connectivity index (χ4v) is 3.14. The number of thioether (sulfide) groups is 1. The molecular formula is C12H13ClN2S. The third-order valence-corrected chi connectivity index (χ3v) is 4.07. The molecule has 0 atom stereocenters. The van der Waals surface area contributed by atoms with Crippen molar-refractivity contribution < 1.29 is 0 Å². The summed E-state index contributed by atoms with van der Waals surface area (Å²) in [5.74, 6) is 2.39. The monoisotopic (exact) mass is 252 g/mol. The van der Waals surface area contributed by atoms with E-state index in [4.69, 9.17) is 16.9 Å². The van der Waals surface area contributed by atoms with Gasteiger partial charge in [-0.25, -0.2) is 0 Å². The van der Waals surface area contributed by atoms with E-state index in [0.29, 0.717) is 16.6 Å². The first-order valence-corrected chi connectivity index (χ1v) is 6.87. The molecule has 1 fully saturated rings. The van der Waals surface area contributed by atoms with E-state index in [1.54, 1.807) is 6.07 Å². The lowest BCUT2D eigenvalue weighted by Crippen LogP contribution is -2.24. The molecule has 0 aromatic heterocycles. The summed E-state index contributed by atoms with van der Waals surface area (Å²) in [5.41, 5.74) is 1.43. The second-order valence-electron chi connectivity index (χ2n) is 3.81. The van der Waals surface area contributed by atoms with Gasteiger partial charge in [0.1, 0.15) is 6.07 Å². The number of nitriles is 1. The summed E-state index contributed by atoms with van der Waals surface area (Å²) >= 11 is 7.97. The number of halogens is 1. The van der Waals surface area contributed by atoms with E-state index in [1.165, 1.54) is 11.5 Å². The average molecular weight is 253 g/mol. The highest BCUT2D eigenvalue weighted by molar-refractivity contribution is 7.99. The molecule has 0 aliphatic carbocycles. The first-order chi connectivity index (χ1) is 7.81. The molecule has 0 radical (unpaired) electrons. The van der Waals surface area contributed by atoms with E-state index < -0.39 is 0 Å². The minimum Gasteiger partial charge on any atom is -0.381 e. The van der Waals surface area contributed by atoms with E-state index in [1.807, 2.05) is 23.9 Å². The molecular weight excluding hydrogens is 240 g/mol. The number of anilines is 1. The van der Waals surface area contributed by atoms with E-state index >= 15 is 0 Å². The van der Waals surface area contributed by atoms with Gasteiger partial charge in [0, 0.05) is 6.04 Å². The van der Waals surface area contributed by atoms with Crippen LogP contribution in [0.15, 0.2) is 18.2 Å². The van der Waals surface area contributed by atoms with Crippen LogP contribution in [0.5, 0.6) is 0 Å². The second-order valence-corrected chi connectivity index (χ2v) is 5.44. The van der Waals surface area contributed by atoms with Crippen molar-refractivity contribution in [3.05, 3.63) is 28.8 Å². The van der Waals surface area contributed by atoms with E-state index in [0.717, 1.165) is 18.5 Å². The van der Waals surface area contributed by atoms with Crippen molar-refractivity contribution in [2.75, 3.05) is 16.8 Å². The lowest BCUT2D eigenvalue weighted by Gasteiger charge is -2.24. The zero-order chi connectivity index (χ0) is 11.4. The molecule has 2 nitrogen and oxygen atoms in total. The third kappa shape index (κ3) is 2.63. The number of rotatable bonds is 2. The van der Waals surface area contributed by atoms with Gasteiger partial charge in [-0.05, 0) is 36.5 Å². The number of nitrogens with one attached hydrogen (secondary N) is 1. The highest BCUT2D eigenvalue weighted by Crippen LogP contribution is 2.26. The highest BCUT2D eigenvalue weighted by atomic mass is 35.5. The summed E-state index contributed by atoms with van der Waals surface area (Å²) in [6.45, 7) is 0. The molecule has 1 aliphatic rings. The predicted octanol–water partition coefficient (Wildman–Crippen LogP) is 3.52. The molecule has 1 aromatic carbocycles. The van der Waals surface area contributed by atoms with Gasteiger partial charge in [0.05, 0.1) is 16.3 Å². The summed E-state index contributed by atoms with van der Waals surface area (Å²) in [6, 6.07) is 8.19. The SMILES string of the molecule is N#Cc1c(Cl)cccc1NC1CCSCC1. The summed E-state index contributed by atoms with van der Waals surface area (Å²) in [5, 5.41) is 13.0. The minimum absolute atomic E-state index is 0.479. The van der Waals surface area contributed by atoms with Gasteiger partial charge in [0.15, 0.2) is 0 Å². The smallest absolute Gasteiger partial charge is 0.103 e. The summed E-state index contributed by atoms with van der Waals surface area (Å²) in [4.78, 5) is 0. The molecule has 0 spiro atoms. The lowest BCUT2D eigenvalue weighted by atomic mass is 10.1. The highest BCUT2D eigenvalue weighted by Gasteiger charge is 2.15. The first kappa shape index (κ1) is 11.6. The van der Waals surface area contributed by atoms with Crippen molar-refractivity contribution in [1.82, 2.24) is 0 Å². The van der Waals surface area contributed by atoms with Crippen molar-refractivity contribution in [1.29, 1.82) is 5.26 Å². The molecule has 16 heavy (non-hydrogen) atoms. The Hall–Kier alpha value is -0.850. The Morgan fingerprint density at radius 3 is 2.81 bits per heavy atom. The van der Waals surface area contributed by atoms with Crippen LogP contribution in [0.3, 0.4) is 0 Å². The Labute approximate surface area is 105 Å². The Morgan fingerprint density at radius 2 is 2.12 bits per heavy atom. The van der Waals surface area contributed by atoms with Crippen molar-refractivity contribution in [3.63, 3.8) is 0 Å². The molecule has 0 unspecified atom stereocenters. The molecule has 84 valence electrons. The minimum atomic E-state index is 0.479. The maximum absolute atomic E-state index is 9.05. The summed E-state index contributed by atoms with van der Waals surface area (Å²) in [7, 11) is 0. The lowest BCUT2D eigenvalue weighted by molar-refractivity contribution is 0.666. The van der Waals surface area contributed by atoms with Crippen LogP contribution in [-0.2, 0) is 0 Å². The van der Waals surface area contributed by atoms with Crippen molar-refractivity contribution in [2.45, 2.75) is 18.9 Å². The first-order valence-electron chi connectivity index (χ1n) is 5.34. The van der Waals surface area contributed by atoms with Crippen molar-refractivity contribution in [3.8, 4) is 6.07 Å². The summed E-state index contributed by atoms with van der Waals surface area (Å²) in [6.07, 6.45) is 2.31. The average Bonchev–Trinajstić information content (AvgIpc) is 2.31. The number of hydrogen-bond acceptors (Lipinski definition) is 3. The Morgan fingerprint density at radius 1 is 1.38 bits per heavy atom. The topological polar surface area (TPSA) is 35.8 Å². The quantitative estimate of drug-likeness (QED) is 0.875. The molecule has 2 rings (SSSR count). The van der Waals surface area contributed by atoms with Crippen molar-refractivity contribution in [2.24, 2.45) is 0 Å². The number of hydrogen-bond donors (Lipinski definition) is 1. The molecule has 0 bridgehead atoms. The van der Waals surface area contributed by atoms with Crippen LogP contribution >= 0.6 is 23.4 Å². The van der Waals surface area contributed by atoms with Gasteiger partial charge in [0.2, 0.25) is 0 Å². The van der Waals surface area contributed by atoms with Crippen LogP contribution in [0.4, 0.5) is 5.69 Å². The Kier molecular flexibility index (Phi) is 3.98. The fraction of sp³-hybridized carbons (Fsp3) is 0.417. The standard InChI is InChI=1S/C12H13ClN2S/c13-11-2-1-3-12(10(11)8-14)15-9-4-6-16-7-5-9/h1-3,9,15H,4-7H2. The van der Waals surface area contributed by atoms with Crippen molar-refractivity contribution >= 4 is 29.1 Å². The van der Waals surface area contributed by atoms with Gasteiger partial charge >= 0.3 is 0 Å². The van der Waals surface area contributed by atoms with E-state index in [-0.39, 0.29) is 0 Å². The Balaban J connectivity index is 2.14. The molecule has 1 N–H and O–H groups in total. The molecule has 4 heteroatoms. The van der Waals surface area contributed by atoms with Gasteiger partial charge in [-0.2, -0.15) is 17.0 Å². The largest absolute Gasteiger partial charge is 0.381 e. The maximum Gasteiger partial charge on any atom is 0.103 e. The van der Waals surface area contributed by atoms with Gasteiger partial charge in [-0.15, -0.1) is 0 Å². The normalized spacial score (nSPS) is 16.8. The molecule has 1 heterocycles. The number of nitrogens with zero attached hydrogens (tertiary/aromatic N) is 1. The van der Waals surface area contributed by atoms with Gasteiger partial charge in [-0.3, -0.25) is 0 Å². The molecule has 1 aromatic rings. The number of benzene rings is 1. The predicted molar refractivity (Wildman–Crippen MR) is 70.1 cm³/mol. The van der Waals surface area contributed by atoms with Gasteiger partial charge in [-0.1, -0.05) is 17.7 Å². The van der Waals surface area contributed by atoms with Crippen LogP contribution in [0.2, 0.25) is 5.02 Å². The molecule has 0 amide bonds. The summed E-state index contributed by atoms with van der Waals surface area (Å²) < 4.78 is 0. The second kappa shape index (κ2) is 5.47. The zero-order valence-electron chi connectivity index (χ0n) is 8.87. The van der Waals surface area contributed by atoms with Crippen LogP contribution in [0.25, 0.3) is 0 Å². The Bertz CT molecular complexity index is 408. The molecule has 1 aliphatic heterocycles.